The molecule has 0 N–H and O–H groups in total. The van der Waals surface area contributed by atoms with Crippen LogP contribution in [0.3, 0.4) is 0 Å². The van der Waals surface area contributed by atoms with Gasteiger partial charge in [-0.2, -0.15) is 5.26 Å². The van der Waals surface area contributed by atoms with Crippen LogP contribution >= 0.6 is 27.3 Å². The first-order valence-corrected chi connectivity index (χ1v) is 7.47. The van der Waals surface area contributed by atoms with E-state index in [1.165, 1.54) is 22.2 Å². The highest BCUT2D eigenvalue weighted by atomic mass is 79.9. The van der Waals surface area contributed by atoms with Crippen molar-refractivity contribution >= 4 is 37.5 Å². The molecule has 0 saturated heterocycles. The molecule has 0 bridgehead atoms. The van der Waals surface area contributed by atoms with Crippen LogP contribution < -0.4 is 5.56 Å². The molecule has 0 saturated carbocycles. The summed E-state index contributed by atoms with van der Waals surface area (Å²) in [4.78, 5) is 17.4. The minimum atomic E-state index is -0.171. The number of rotatable bonds is 2. The molecule has 0 amide bonds. The lowest BCUT2D eigenvalue weighted by Crippen LogP contribution is -2.19. The van der Waals surface area contributed by atoms with Gasteiger partial charge in [-0.3, -0.25) is 9.36 Å². The van der Waals surface area contributed by atoms with Crippen molar-refractivity contribution in [3.63, 3.8) is 0 Å². The van der Waals surface area contributed by atoms with Crippen LogP contribution in [-0.4, -0.2) is 9.55 Å². The topological polar surface area (TPSA) is 58.7 Å². The van der Waals surface area contributed by atoms with Crippen molar-refractivity contribution in [3.05, 3.63) is 50.8 Å². The van der Waals surface area contributed by atoms with Crippen molar-refractivity contribution in [2.24, 2.45) is 0 Å². The van der Waals surface area contributed by atoms with Crippen LogP contribution in [0.1, 0.15) is 0 Å². The van der Waals surface area contributed by atoms with E-state index in [0.29, 0.717) is 10.2 Å². The van der Waals surface area contributed by atoms with Gasteiger partial charge in [-0.15, -0.1) is 11.3 Å². The minimum Gasteiger partial charge on any atom is -0.285 e. The second-order valence-corrected chi connectivity index (χ2v) is 5.95. The minimum absolute atomic E-state index is 0.0113. The fourth-order valence-electron chi connectivity index (χ4n) is 2.00. The van der Waals surface area contributed by atoms with E-state index >= 15 is 0 Å². The SMILES string of the molecule is N#CCn1cnc2scc(-c3ccc(Br)cc3)c2c1=O. The van der Waals surface area contributed by atoms with Crippen molar-refractivity contribution in [2.75, 3.05) is 0 Å². The van der Waals surface area contributed by atoms with Gasteiger partial charge in [-0.1, -0.05) is 28.1 Å². The van der Waals surface area contributed by atoms with Gasteiger partial charge in [-0.05, 0) is 17.7 Å². The van der Waals surface area contributed by atoms with Crippen molar-refractivity contribution in [2.45, 2.75) is 6.54 Å². The number of nitrogens with zero attached hydrogens (tertiary/aromatic N) is 3. The summed E-state index contributed by atoms with van der Waals surface area (Å²) in [6.07, 6.45) is 1.43. The number of hydrogen-bond acceptors (Lipinski definition) is 4. The van der Waals surface area contributed by atoms with Crippen LogP contribution in [0.25, 0.3) is 21.3 Å². The summed E-state index contributed by atoms with van der Waals surface area (Å²) in [6.45, 7) is 0.0113. The van der Waals surface area contributed by atoms with Crippen molar-refractivity contribution < 1.29 is 0 Å². The smallest absolute Gasteiger partial charge is 0.263 e. The van der Waals surface area contributed by atoms with E-state index in [2.05, 4.69) is 20.9 Å². The van der Waals surface area contributed by atoms with Gasteiger partial charge in [0.1, 0.15) is 17.7 Å². The van der Waals surface area contributed by atoms with E-state index in [9.17, 15) is 4.79 Å². The number of aromatic nitrogens is 2. The third-order valence-electron chi connectivity index (χ3n) is 2.96. The Morgan fingerprint density at radius 3 is 2.80 bits per heavy atom. The highest BCUT2D eigenvalue weighted by Gasteiger charge is 2.12. The average Bonchev–Trinajstić information content (AvgIpc) is 2.88. The van der Waals surface area contributed by atoms with Gasteiger partial charge in [-0.25, -0.2) is 4.98 Å². The molecule has 0 unspecified atom stereocenters. The molecule has 0 aliphatic carbocycles. The maximum atomic E-state index is 12.4. The van der Waals surface area contributed by atoms with E-state index in [1.807, 2.05) is 35.7 Å². The Kier molecular flexibility index (Phi) is 3.38. The molecular weight excluding hydrogens is 338 g/mol. The molecule has 0 fully saturated rings. The zero-order valence-electron chi connectivity index (χ0n) is 10.2. The lowest BCUT2D eigenvalue weighted by molar-refractivity contribution is 0.777. The van der Waals surface area contributed by atoms with Crippen molar-refractivity contribution in [3.8, 4) is 17.2 Å². The molecule has 2 heterocycles. The van der Waals surface area contributed by atoms with Crippen LogP contribution in [0, 0.1) is 11.3 Å². The molecule has 4 nitrogen and oxygen atoms in total. The Balaban J connectivity index is 2.27. The largest absolute Gasteiger partial charge is 0.285 e. The van der Waals surface area contributed by atoms with E-state index in [-0.39, 0.29) is 12.1 Å². The fraction of sp³-hybridized carbons (Fsp3) is 0.0714. The second-order valence-electron chi connectivity index (χ2n) is 4.17. The summed E-state index contributed by atoms with van der Waals surface area (Å²) < 4.78 is 2.32. The van der Waals surface area contributed by atoms with Crippen molar-refractivity contribution in [1.82, 2.24) is 9.55 Å². The van der Waals surface area contributed by atoms with Gasteiger partial charge in [0, 0.05) is 15.4 Å². The van der Waals surface area contributed by atoms with Gasteiger partial charge >= 0.3 is 0 Å². The first-order valence-electron chi connectivity index (χ1n) is 5.80. The Morgan fingerprint density at radius 2 is 2.10 bits per heavy atom. The monoisotopic (exact) mass is 345 g/mol. The summed E-state index contributed by atoms with van der Waals surface area (Å²) in [7, 11) is 0. The number of halogens is 1. The third kappa shape index (κ3) is 2.15. The third-order valence-corrected chi connectivity index (χ3v) is 4.37. The van der Waals surface area contributed by atoms with Gasteiger partial charge in [0.25, 0.3) is 5.56 Å². The Morgan fingerprint density at radius 1 is 1.35 bits per heavy atom. The highest BCUT2D eigenvalue weighted by molar-refractivity contribution is 9.10. The van der Waals surface area contributed by atoms with E-state index in [1.54, 1.807) is 0 Å². The zero-order valence-corrected chi connectivity index (χ0v) is 12.6. The lowest BCUT2D eigenvalue weighted by Gasteiger charge is -2.02. The van der Waals surface area contributed by atoms with Gasteiger partial charge in [0.15, 0.2) is 0 Å². The van der Waals surface area contributed by atoms with E-state index in [4.69, 9.17) is 5.26 Å². The maximum Gasteiger partial charge on any atom is 0.263 e. The molecule has 0 atom stereocenters. The number of nitriles is 1. The maximum absolute atomic E-state index is 12.4. The molecule has 3 aromatic rings. The lowest BCUT2D eigenvalue weighted by atomic mass is 10.1. The van der Waals surface area contributed by atoms with Gasteiger partial charge < -0.3 is 0 Å². The number of fused-ring (bicyclic) bond motifs is 1. The molecule has 6 heteroatoms. The molecule has 3 rings (SSSR count). The van der Waals surface area contributed by atoms with E-state index < -0.39 is 0 Å². The van der Waals surface area contributed by atoms with E-state index in [0.717, 1.165) is 15.6 Å². The summed E-state index contributed by atoms with van der Waals surface area (Å²) in [5.41, 5.74) is 1.66. The Labute approximate surface area is 127 Å². The quantitative estimate of drug-likeness (QED) is 0.714. The molecule has 0 aliphatic rings. The molecule has 2 aromatic heterocycles. The predicted octanol–water partition coefficient (Wildman–Crippen LogP) is 3.41. The van der Waals surface area contributed by atoms with Crippen LogP contribution in [0.5, 0.6) is 0 Å². The fourth-order valence-corrected chi connectivity index (χ4v) is 3.17. The number of hydrogen-bond donors (Lipinski definition) is 0. The number of benzene rings is 1. The van der Waals surface area contributed by atoms with Crippen LogP contribution in [-0.2, 0) is 6.54 Å². The molecule has 0 aliphatic heterocycles. The molecule has 0 radical (unpaired) electrons. The Bertz CT molecular complexity index is 874. The second kappa shape index (κ2) is 5.19. The molecule has 98 valence electrons. The predicted molar refractivity (Wildman–Crippen MR) is 82.6 cm³/mol. The van der Waals surface area contributed by atoms with Crippen LogP contribution in [0.15, 0.2) is 45.2 Å². The van der Waals surface area contributed by atoms with Crippen LogP contribution in [0.2, 0.25) is 0 Å². The summed E-state index contributed by atoms with van der Waals surface area (Å²) in [6, 6.07) is 9.74. The average molecular weight is 346 g/mol. The zero-order chi connectivity index (χ0) is 14.1. The molecule has 20 heavy (non-hydrogen) atoms. The van der Waals surface area contributed by atoms with Gasteiger partial charge in [0.2, 0.25) is 0 Å². The first-order chi connectivity index (χ1) is 9.70. The summed E-state index contributed by atoms with van der Waals surface area (Å²) in [5.74, 6) is 0. The summed E-state index contributed by atoms with van der Waals surface area (Å²) >= 11 is 4.83. The van der Waals surface area contributed by atoms with Gasteiger partial charge in [0.05, 0.1) is 11.5 Å². The van der Waals surface area contributed by atoms with Crippen molar-refractivity contribution in [1.29, 1.82) is 5.26 Å². The van der Waals surface area contributed by atoms with Crippen LogP contribution in [0.4, 0.5) is 0 Å². The molecule has 1 aromatic carbocycles. The molecule has 0 spiro atoms. The number of thiophene rings is 1. The standard InChI is InChI=1S/C14H8BrN3OS/c15-10-3-1-9(2-4-10)11-7-20-13-12(11)14(19)18(6-5-16)8-17-13/h1-4,7-8H,6H2. The highest BCUT2D eigenvalue weighted by Crippen LogP contribution is 2.31. The first kappa shape index (κ1) is 13.0. The molecular formula is C14H8BrN3OS. The normalized spacial score (nSPS) is 10.6. The Hall–Kier alpha value is -1.97. The summed E-state index contributed by atoms with van der Waals surface area (Å²) in [5, 5.41) is 11.3.